The molecule has 1 aromatic carbocycles. The molecule has 1 fully saturated rings. The fourth-order valence-electron chi connectivity index (χ4n) is 4.06. The summed E-state index contributed by atoms with van der Waals surface area (Å²) in [6, 6.07) is 2.30. The van der Waals surface area contributed by atoms with Crippen LogP contribution in [0.1, 0.15) is 54.4 Å². The lowest BCUT2D eigenvalue weighted by Gasteiger charge is -2.44. The first-order valence-corrected chi connectivity index (χ1v) is 7.62. The van der Waals surface area contributed by atoms with Gasteiger partial charge in [-0.3, -0.25) is 0 Å². The van der Waals surface area contributed by atoms with Crippen molar-refractivity contribution in [2.24, 2.45) is 5.73 Å². The van der Waals surface area contributed by atoms with Crippen LogP contribution in [-0.2, 0) is 18.3 Å². The summed E-state index contributed by atoms with van der Waals surface area (Å²) in [6.45, 7) is 3.04. The number of hydrogen-bond donors (Lipinski definition) is 1. The van der Waals surface area contributed by atoms with Crippen LogP contribution in [0.25, 0.3) is 0 Å². The number of benzene rings is 1. The average Bonchev–Trinajstić information content (AvgIpc) is 2.40. The highest BCUT2D eigenvalue weighted by Crippen LogP contribution is 2.49. The molecule has 2 N–H and O–H groups in total. The molecular formula is C17H25NO. The normalized spacial score (nSPS) is 20.6. The van der Waals surface area contributed by atoms with E-state index in [4.69, 9.17) is 10.5 Å². The van der Waals surface area contributed by atoms with Crippen molar-refractivity contribution < 1.29 is 4.74 Å². The molecule has 0 saturated heterocycles. The molecular weight excluding hydrogens is 234 g/mol. The van der Waals surface area contributed by atoms with Gasteiger partial charge in [0.05, 0.1) is 7.11 Å². The highest BCUT2D eigenvalue weighted by Gasteiger charge is 2.41. The van der Waals surface area contributed by atoms with E-state index in [0.717, 1.165) is 12.3 Å². The molecule has 0 amide bonds. The lowest BCUT2D eigenvalue weighted by atomic mass is 9.62. The van der Waals surface area contributed by atoms with E-state index >= 15 is 0 Å². The van der Waals surface area contributed by atoms with Crippen LogP contribution in [0, 0.1) is 6.92 Å². The second-order valence-corrected chi connectivity index (χ2v) is 6.26. The number of nitrogens with two attached hydrogens (primary N) is 1. The third-order valence-electron chi connectivity index (χ3n) is 5.34. The zero-order valence-electron chi connectivity index (χ0n) is 12.2. The summed E-state index contributed by atoms with van der Waals surface area (Å²) in [5.74, 6) is 1.09. The summed E-state index contributed by atoms with van der Waals surface area (Å²) >= 11 is 0. The number of methoxy groups -OCH3 is 1. The smallest absolute Gasteiger partial charge is 0.123 e. The maximum Gasteiger partial charge on any atom is 0.123 e. The first-order chi connectivity index (χ1) is 9.22. The van der Waals surface area contributed by atoms with Gasteiger partial charge < -0.3 is 10.5 Å². The van der Waals surface area contributed by atoms with Gasteiger partial charge in [-0.1, -0.05) is 6.42 Å². The van der Waals surface area contributed by atoms with E-state index in [-0.39, 0.29) is 5.41 Å². The molecule has 104 valence electrons. The summed E-state index contributed by atoms with van der Waals surface area (Å²) < 4.78 is 5.72. The Labute approximate surface area is 116 Å². The Morgan fingerprint density at radius 1 is 1.21 bits per heavy atom. The van der Waals surface area contributed by atoms with Crippen molar-refractivity contribution in [3.8, 4) is 5.75 Å². The maximum atomic E-state index is 6.11. The van der Waals surface area contributed by atoms with E-state index in [9.17, 15) is 0 Å². The zero-order valence-corrected chi connectivity index (χ0v) is 12.2. The average molecular weight is 259 g/mol. The second kappa shape index (κ2) is 4.82. The quantitative estimate of drug-likeness (QED) is 0.904. The minimum Gasteiger partial charge on any atom is -0.496 e. The predicted molar refractivity (Wildman–Crippen MR) is 79.0 cm³/mol. The molecule has 0 spiro atoms. The highest BCUT2D eigenvalue weighted by molar-refractivity contribution is 5.54. The Morgan fingerprint density at radius 2 is 1.95 bits per heavy atom. The van der Waals surface area contributed by atoms with Crippen molar-refractivity contribution in [2.75, 3.05) is 13.7 Å². The topological polar surface area (TPSA) is 35.2 Å². The van der Waals surface area contributed by atoms with Crippen molar-refractivity contribution in [3.05, 3.63) is 28.3 Å². The van der Waals surface area contributed by atoms with Gasteiger partial charge in [0.15, 0.2) is 0 Å². The molecule has 0 heterocycles. The number of hydrogen-bond acceptors (Lipinski definition) is 2. The number of ether oxygens (including phenoxy) is 1. The van der Waals surface area contributed by atoms with Crippen LogP contribution in [0.3, 0.4) is 0 Å². The van der Waals surface area contributed by atoms with E-state index in [1.54, 1.807) is 12.7 Å². The second-order valence-electron chi connectivity index (χ2n) is 6.26. The molecule has 1 aromatic rings. The SMILES string of the molecule is COc1cc2c(c(C)c1C1(CN)CCC1)CCCC2. The Morgan fingerprint density at radius 3 is 2.53 bits per heavy atom. The van der Waals surface area contributed by atoms with Gasteiger partial charge in [-0.05, 0) is 68.2 Å². The molecule has 0 radical (unpaired) electrons. The van der Waals surface area contributed by atoms with Crippen molar-refractivity contribution in [2.45, 2.75) is 57.3 Å². The van der Waals surface area contributed by atoms with Crippen molar-refractivity contribution in [3.63, 3.8) is 0 Å². The van der Waals surface area contributed by atoms with Gasteiger partial charge in [-0.25, -0.2) is 0 Å². The predicted octanol–water partition coefficient (Wildman–Crippen LogP) is 3.26. The van der Waals surface area contributed by atoms with Crippen LogP contribution >= 0.6 is 0 Å². The standard InChI is InChI=1S/C17H25NO/c1-12-14-7-4-3-6-13(14)10-15(19-2)16(12)17(11-18)8-5-9-17/h10H,3-9,11,18H2,1-2H3. The van der Waals surface area contributed by atoms with Gasteiger partial charge >= 0.3 is 0 Å². The molecule has 0 bridgehead atoms. The molecule has 2 heteroatoms. The summed E-state index contributed by atoms with van der Waals surface area (Å²) in [5, 5.41) is 0. The fourth-order valence-corrected chi connectivity index (χ4v) is 4.06. The number of rotatable bonds is 3. The highest BCUT2D eigenvalue weighted by atomic mass is 16.5. The third-order valence-corrected chi connectivity index (χ3v) is 5.34. The first-order valence-electron chi connectivity index (χ1n) is 7.62. The van der Waals surface area contributed by atoms with Gasteiger partial charge in [0.1, 0.15) is 5.75 Å². The van der Waals surface area contributed by atoms with Gasteiger partial charge in [0, 0.05) is 17.5 Å². The van der Waals surface area contributed by atoms with E-state index in [1.807, 2.05) is 0 Å². The number of aryl methyl sites for hydroxylation is 1. The molecule has 2 aliphatic carbocycles. The Bertz CT molecular complexity index is 483. The van der Waals surface area contributed by atoms with Gasteiger partial charge in [0.25, 0.3) is 0 Å². The van der Waals surface area contributed by atoms with E-state index in [2.05, 4.69) is 13.0 Å². The molecule has 1 saturated carbocycles. The van der Waals surface area contributed by atoms with E-state index in [0.29, 0.717) is 0 Å². The Balaban J connectivity index is 2.17. The number of fused-ring (bicyclic) bond motifs is 1. The lowest BCUT2D eigenvalue weighted by molar-refractivity contribution is 0.242. The molecule has 0 aromatic heterocycles. The van der Waals surface area contributed by atoms with Crippen LogP contribution in [0.15, 0.2) is 6.07 Å². The monoisotopic (exact) mass is 259 g/mol. The van der Waals surface area contributed by atoms with Crippen LogP contribution in [-0.4, -0.2) is 13.7 Å². The first kappa shape index (κ1) is 13.0. The molecule has 19 heavy (non-hydrogen) atoms. The van der Waals surface area contributed by atoms with Crippen molar-refractivity contribution in [1.82, 2.24) is 0 Å². The van der Waals surface area contributed by atoms with Crippen LogP contribution in [0.2, 0.25) is 0 Å². The van der Waals surface area contributed by atoms with E-state index < -0.39 is 0 Å². The molecule has 2 aliphatic rings. The minimum absolute atomic E-state index is 0.196. The van der Waals surface area contributed by atoms with E-state index in [1.165, 1.54) is 61.6 Å². The van der Waals surface area contributed by atoms with Crippen molar-refractivity contribution >= 4 is 0 Å². The maximum absolute atomic E-state index is 6.11. The summed E-state index contributed by atoms with van der Waals surface area (Å²) in [6.07, 6.45) is 8.84. The zero-order chi connectivity index (χ0) is 13.5. The van der Waals surface area contributed by atoms with Crippen molar-refractivity contribution in [1.29, 1.82) is 0 Å². The Kier molecular flexibility index (Phi) is 3.30. The molecule has 0 unspecified atom stereocenters. The van der Waals surface area contributed by atoms with Crippen LogP contribution in [0.5, 0.6) is 5.75 Å². The van der Waals surface area contributed by atoms with Gasteiger partial charge in [-0.15, -0.1) is 0 Å². The molecule has 3 rings (SSSR count). The van der Waals surface area contributed by atoms with Crippen LogP contribution < -0.4 is 10.5 Å². The third kappa shape index (κ3) is 1.88. The largest absolute Gasteiger partial charge is 0.496 e. The Hall–Kier alpha value is -1.02. The summed E-state index contributed by atoms with van der Waals surface area (Å²) in [7, 11) is 1.80. The summed E-state index contributed by atoms with van der Waals surface area (Å²) in [5.41, 5.74) is 12.3. The minimum atomic E-state index is 0.196. The van der Waals surface area contributed by atoms with Crippen LogP contribution in [0.4, 0.5) is 0 Å². The molecule has 2 nitrogen and oxygen atoms in total. The lowest BCUT2D eigenvalue weighted by Crippen LogP contribution is -2.42. The summed E-state index contributed by atoms with van der Waals surface area (Å²) in [4.78, 5) is 0. The van der Waals surface area contributed by atoms with Gasteiger partial charge in [0.2, 0.25) is 0 Å². The molecule has 0 aliphatic heterocycles. The fraction of sp³-hybridized carbons (Fsp3) is 0.647. The van der Waals surface area contributed by atoms with Gasteiger partial charge in [-0.2, -0.15) is 0 Å². The molecule has 0 atom stereocenters.